The Morgan fingerprint density at radius 3 is 1.62 bits per heavy atom. The third-order valence-corrected chi connectivity index (χ3v) is 5.75. The molecule has 0 saturated heterocycles. The van der Waals surface area contributed by atoms with Gasteiger partial charge in [0.2, 0.25) is 0 Å². The summed E-state index contributed by atoms with van der Waals surface area (Å²) in [5, 5.41) is 0. The zero-order valence-electron chi connectivity index (χ0n) is 17.4. The number of hydrogen-bond donors (Lipinski definition) is 0. The van der Waals surface area contributed by atoms with Crippen LogP contribution < -0.4 is 0 Å². The van der Waals surface area contributed by atoms with Crippen molar-refractivity contribution in [3.63, 3.8) is 0 Å². The maximum absolute atomic E-state index is 11.3. The van der Waals surface area contributed by atoms with E-state index in [9.17, 15) is 9.59 Å². The summed E-state index contributed by atoms with van der Waals surface area (Å²) in [5.41, 5.74) is 0. The molecule has 0 aliphatic heterocycles. The quantitative estimate of drug-likeness (QED) is 0.555. The Kier molecular flexibility index (Phi) is 11.6. The maximum atomic E-state index is 11.3. The molecule has 2 unspecified atom stereocenters. The predicted octanol–water partition coefficient (Wildman–Crippen LogP) is 5.82. The van der Waals surface area contributed by atoms with E-state index in [-0.39, 0.29) is 24.1 Å². The van der Waals surface area contributed by atoms with Gasteiger partial charge in [-0.2, -0.15) is 0 Å². The molecule has 2 aliphatic carbocycles. The summed E-state index contributed by atoms with van der Waals surface area (Å²) in [5.74, 6) is 1.06. The molecule has 0 aromatic heterocycles. The number of carbonyl (C=O) groups excluding carboxylic acids is 2. The van der Waals surface area contributed by atoms with Crippen molar-refractivity contribution in [3.8, 4) is 0 Å². The second-order valence-electron chi connectivity index (χ2n) is 8.06. The van der Waals surface area contributed by atoms with E-state index >= 15 is 0 Å². The number of hydrogen-bond acceptors (Lipinski definition) is 4. The highest BCUT2D eigenvalue weighted by Crippen LogP contribution is 2.28. The van der Waals surface area contributed by atoms with Crippen LogP contribution in [0, 0.1) is 11.8 Å². The lowest BCUT2D eigenvalue weighted by Crippen LogP contribution is -2.25. The molecule has 0 N–H and O–H groups in total. The van der Waals surface area contributed by atoms with Gasteiger partial charge < -0.3 is 9.47 Å². The minimum Gasteiger partial charge on any atom is -0.463 e. The number of carbonyl (C=O) groups is 2. The Balaban J connectivity index is 0.000000263. The van der Waals surface area contributed by atoms with Gasteiger partial charge in [-0.3, -0.25) is 9.59 Å². The van der Waals surface area contributed by atoms with Gasteiger partial charge in [0.05, 0.1) is 0 Å². The average molecular weight is 369 g/mol. The van der Waals surface area contributed by atoms with Crippen LogP contribution in [0.5, 0.6) is 0 Å². The second-order valence-corrected chi connectivity index (χ2v) is 8.06. The molecule has 2 rings (SSSR count). The minimum absolute atomic E-state index is 0.0226. The third-order valence-electron chi connectivity index (χ3n) is 5.75. The molecule has 0 amide bonds. The Morgan fingerprint density at radius 1 is 0.808 bits per heavy atom. The summed E-state index contributed by atoms with van der Waals surface area (Å²) in [6.07, 6.45) is 14.6. The predicted molar refractivity (Wildman–Crippen MR) is 105 cm³/mol. The average Bonchev–Trinajstić information content (AvgIpc) is 2.63. The molecule has 4 nitrogen and oxygen atoms in total. The molecular weight excluding hydrogens is 328 g/mol. The topological polar surface area (TPSA) is 52.6 Å². The summed E-state index contributed by atoms with van der Waals surface area (Å²) in [6.45, 7) is 7.55. The van der Waals surface area contributed by atoms with Crippen molar-refractivity contribution in [2.45, 2.75) is 117 Å². The first-order valence-electron chi connectivity index (χ1n) is 10.8. The monoisotopic (exact) mass is 368 g/mol. The summed E-state index contributed by atoms with van der Waals surface area (Å²) >= 11 is 0. The van der Waals surface area contributed by atoms with Gasteiger partial charge in [-0.25, -0.2) is 0 Å². The fourth-order valence-electron chi connectivity index (χ4n) is 4.13. The molecule has 4 heteroatoms. The van der Waals surface area contributed by atoms with Gasteiger partial charge >= 0.3 is 11.9 Å². The summed E-state index contributed by atoms with van der Waals surface area (Å²) in [7, 11) is 0. The lowest BCUT2D eigenvalue weighted by atomic mass is 9.86. The smallest absolute Gasteiger partial charge is 0.306 e. The van der Waals surface area contributed by atoms with Crippen molar-refractivity contribution in [2.75, 3.05) is 0 Å². The SMILES string of the molecule is CC(=O)OC(C)C1CCCCC1.CCCC(=O)OC(C)C1CCCCC1. The molecule has 2 saturated carbocycles. The van der Waals surface area contributed by atoms with Gasteiger partial charge in [-0.15, -0.1) is 0 Å². The normalized spacial score (nSPS) is 21.1. The zero-order valence-corrected chi connectivity index (χ0v) is 17.4. The van der Waals surface area contributed by atoms with Gasteiger partial charge in [0.1, 0.15) is 12.2 Å². The highest BCUT2D eigenvalue weighted by molar-refractivity contribution is 5.69. The van der Waals surface area contributed by atoms with Crippen molar-refractivity contribution in [1.29, 1.82) is 0 Å². The Hall–Kier alpha value is -1.06. The maximum Gasteiger partial charge on any atom is 0.306 e. The lowest BCUT2D eigenvalue weighted by Gasteiger charge is -2.27. The Bertz CT molecular complexity index is 395. The standard InChI is InChI=1S/C12H22O2.C10H18O2/c1-3-7-12(13)14-10(2)11-8-5-4-6-9-11;1-8(12-9(2)11)10-6-4-3-5-7-10/h10-11H,3-9H2,1-2H3;8,10H,3-7H2,1-2H3. The number of ether oxygens (including phenoxy) is 2. The molecular formula is C22H40O4. The van der Waals surface area contributed by atoms with Gasteiger partial charge in [0.25, 0.3) is 0 Å². The molecule has 0 aromatic carbocycles. The fraction of sp³-hybridized carbons (Fsp3) is 0.909. The molecule has 0 aromatic rings. The lowest BCUT2D eigenvalue weighted by molar-refractivity contribution is -0.151. The molecule has 2 fully saturated rings. The molecule has 0 spiro atoms. The van der Waals surface area contributed by atoms with Gasteiger partial charge in [0.15, 0.2) is 0 Å². The van der Waals surface area contributed by atoms with E-state index in [0.717, 1.165) is 6.42 Å². The second kappa shape index (κ2) is 13.2. The van der Waals surface area contributed by atoms with E-state index in [0.29, 0.717) is 18.3 Å². The molecule has 2 aliphatic rings. The first kappa shape index (κ1) is 23.0. The largest absolute Gasteiger partial charge is 0.463 e. The van der Waals surface area contributed by atoms with Crippen molar-refractivity contribution in [3.05, 3.63) is 0 Å². The van der Waals surface area contributed by atoms with E-state index in [4.69, 9.17) is 9.47 Å². The Labute approximate surface area is 160 Å². The highest BCUT2D eigenvalue weighted by atomic mass is 16.5. The number of esters is 2. The molecule has 0 heterocycles. The van der Waals surface area contributed by atoms with Gasteiger partial charge in [0, 0.05) is 13.3 Å². The summed E-state index contributed by atoms with van der Waals surface area (Å²) in [4.78, 5) is 21.9. The van der Waals surface area contributed by atoms with E-state index in [1.54, 1.807) is 0 Å². The van der Waals surface area contributed by atoms with Crippen molar-refractivity contribution in [1.82, 2.24) is 0 Å². The third kappa shape index (κ3) is 9.59. The number of rotatable bonds is 6. The molecule has 0 radical (unpaired) electrons. The first-order chi connectivity index (χ1) is 12.4. The molecule has 152 valence electrons. The van der Waals surface area contributed by atoms with Gasteiger partial charge in [-0.05, 0) is 57.8 Å². The van der Waals surface area contributed by atoms with Crippen LogP contribution in [-0.2, 0) is 19.1 Å². The van der Waals surface area contributed by atoms with Gasteiger partial charge in [-0.1, -0.05) is 45.4 Å². The summed E-state index contributed by atoms with van der Waals surface area (Å²) < 4.78 is 10.5. The van der Waals surface area contributed by atoms with E-state index in [1.165, 1.54) is 71.1 Å². The van der Waals surface area contributed by atoms with Crippen LogP contribution in [0.2, 0.25) is 0 Å². The van der Waals surface area contributed by atoms with E-state index < -0.39 is 0 Å². The van der Waals surface area contributed by atoms with Crippen LogP contribution in [0.1, 0.15) is 105 Å². The van der Waals surface area contributed by atoms with Crippen molar-refractivity contribution >= 4 is 11.9 Å². The van der Waals surface area contributed by atoms with Crippen LogP contribution in [-0.4, -0.2) is 24.1 Å². The highest BCUT2D eigenvalue weighted by Gasteiger charge is 2.23. The van der Waals surface area contributed by atoms with Crippen LogP contribution in [0.15, 0.2) is 0 Å². The fourth-order valence-corrected chi connectivity index (χ4v) is 4.13. The first-order valence-corrected chi connectivity index (χ1v) is 10.8. The summed E-state index contributed by atoms with van der Waals surface area (Å²) in [6, 6.07) is 0. The molecule has 26 heavy (non-hydrogen) atoms. The van der Waals surface area contributed by atoms with Crippen LogP contribution >= 0.6 is 0 Å². The van der Waals surface area contributed by atoms with E-state index in [1.807, 2.05) is 20.8 Å². The molecule has 0 bridgehead atoms. The van der Waals surface area contributed by atoms with E-state index in [2.05, 4.69) is 0 Å². The van der Waals surface area contributed by atoms with Crippen molar-refractivity contribution in [2.24, 2.45) is 11.8 Å². The Morgan fingerprint density at radius 2 is 1.23 bits per heavy atom. The van der Waals surface area contributed by atoms with Crippen LogP contribution in [0.25, 0.3) is 0 Å². The zero-order chi connectivity index (χ0) is 19.4. The van der Waals surface area contributed by atoms with Crippen LogP contribution in [0.4, 0.5) is 0 Å². The minimum atomic E-state index is -0.145. The molecule has 2 atom stereocenters. The van der Waals surface area contributed by atoms with Crippen molar-refractivity contribution < 1.29 is 19.1 Å². The van der Waals surface area contributed by atoms with Crippen LogP contribution in [0.3, 0.4) is 0 Å².